The molecule has 0 atom stereocenters. The molecule has 2 heterocycles. The molecule has 33 heavy (non-hydrogen) atoms. The lowest BCUT2D eigenvalue weighted by Crippen LogP contribution is -2.32. The van der Waals surface area contributed by atoms with Crippen LogP contribution in [-0.4, -0.2) is 77.1 Å². The maximum atomic E-state index is 12.8. The van der Waals surface area contributed by atoms with Crippen molar-refractivity contribution in [3.63, 3.8) is 0 Å². The maximum Gasteiger partial charge on any atom is 0.282 e. The van der Waals surface area contributed by atoms with E-state index in [1.54, 1.807) is 33.3 Å². The Labute approximate surface area is 195 Å². The predicted molar refractivity (Wildman–Crippen MR) is 129 cm³/mol. The molecule has 0 aliphatic rings. The standard InChI is InChI=1S/C21H26N8O3S/c1-5-32-15-9-13(23)12(10-22)8-14(15)26-18-17-19(25-11-24-18)33-20(27-17)21(31)29(4)7-6-16(30)28(2)3/h8-11,22H,5-7,23H2,1-4H3,(H,24,25,26). The van der Waals surface area contributed by atoms with E-state index in [4.69, 9.17) is 15.9 Å². The highest BCUT2D eigenvalue weighted by molar-refractivity contribution is 7.19. The van der Waals surface area contributed by atoms with E-state index in [0.717, 1.165) is 17.6 Å². The second-order valence-electron chi connectivity index (χ2n) is 7.34. The second-order valence-corrected chi connectivity index (χ2v) is 8.32. The van der Waals surface area contributed by atoms with E-state index in [1.807, 2.05) is 6.92 Å². The summed E-state index contributed by atoms with van der Waals surface area (Å²) in [7, 11) is 4.98. The number of fused-ring (bicyclic) bond motifs is 1. The van der Waals surface area contributed by atoms with Gasteiger partial charge in [0.05, 0.1) is 12.3 Å². The summed E-state index contributed by atoms with van der Waals surface area (Å²) in [5.41, 5.74) is 7.91. The number of aromatic nitrogens is 3. The number of nitrogens with zero attached hydrogens (tertiary/aromatic N) is 5. The highest BCUT2D eigenvalue weighted by atomic mass is 32.1. The first kappa shape index (κ1) is 23.9. The molecule has 0 saturated heterocycles. The van der Waals surface area contributed by atoms with Gasteiger partial charge >= 0.3 is 0 Å². The van der Waals surface area contributed by atoms with Gasteiger partial charge in [0.15, 0.2) is 10.8 Å². The molecule has 2 amide bonds. The molecule has 0 bridgehead atoms. The number of amides is 2. The number of nitrogens with two attached hydrogens (primary N) is 1. The predicted octanol–water partition coefficient (Wildman–Crippen LogP) is 2.36. The molecule has 1 aromatic carbocycles. The van der Waals surface area contributed by atoms with Crippen LogP contribution in [0.3, 0.4) is 0 Å². The van der Waals surface area contributed by atoms with E-state index in [9.17, 15) is 9.59 Å². The Morgan fingerprint density at radius 2 is 2.03 bits per heavy atom. The number of nitrogens with one attached hydrogen (secondary N) is 2. The van der Waals surface area contributed by atoms with Crippen LogP contribution in [0, 0.1) is 5.41 Å². The Morgan fingerprint density at radius 3 is 2.70 bits per heavy atom. The maximum absolute atomic E-state index is 12.8. The van der Waals surface area contributed by atoms with E-state index in [1.165, 1.54) is 16.1 Å². The molecule has 4 N–H and O–H groups in total. The molecule has 0 unspecified atom stereocenters. The van der Waals surface area contributed by atoms with Crippen LogP contribution in [0.2, 0.25) is 0 Å². The van der Waals surface area contributed by atoms with Crippen molar-refractivity contribution in [2.24, 2.45) is 0 Å². The zero-order valence-electron chi connectivity index (χ0n) is 18.9. The van der Waals surface area contributed by atoms with Crippen molar-refractivity contribution in [1.29, 1.82) is 5.41 Å². The van der Waals surface area contributed by atoms with Crippen LogP contribution in [0.15, 0.2) is 18.5 Å². The lowest BCUT2D eigenvalue weighted by molar-refractivity contribution is -0.128. The van der Waals surface area contributed by atoms with Crippen LogP contribution in [0.25, 0.3) is 10.3 Å². The summed E-state index contributed by atoms with van der Waals surface area (Å²) in [6.45, 7) is 2.56. The van der Waals surface area contributed by atoms with Gasteiger partial charge in [0.25, 0.3) is 5.91 Å². The van der Waals surface area contributed by atoms with Crippen LogP contribution in [0.4, 0.5) is 17.2 Å². The van der Waals surface area contributed by atoms with Crippen LogP contribution in [0.1, 0.15) is 28.7 Å². The highest BCUT2D eigenvalue weighted by Crippen LogP contribution is 2.34. The van der Waals surface area contributed by atoms with Gasteiger partial charge in [-0.25, -0.2) is 15.0 Å². The van der Waals surface area contributed by atoms with Crippen molar-refractivity contribution in [3.05, 3.63) is 29.0 Å². The van der Waals surface area contributed by atoms with E-state index >= 15 is 0 Å². The number of carbonyl (C=O) groups is 2. The van der Waals surface area contributed by atoms with Gasteiger partial charge < -0.3 is 31.0 Å². The molecular weight excluding hydrogens is 444 g/mol. The van der Waals surface area contributed by atoms with Crippen molar-refractivity contribution >= 4 is 56.9 Å². The third kappa shape index (κ3) is 5.34. The first-order valence-corrected chi connectivity index (χ1v) is 11.0. The van der Waals surface area contributed by atoms with E-state index in [2.05, 4.69) is 20.3 Å². The van der Waals surface area contributed by atoms with Gasteiger partial charge in [-0.1, -0.05) is 11.3 Å². The summed E-state index contributed by atoms with van der Waals surface area (Å²) < 4.78 is 5.67. The zero-order chi connectivity index (χ0) is 24.1. The SMILES string of the molecule is CCOc1cc(N)c(C=N)cc1Nc1ncnc2sc(C(=O)N(C)CCC(=O)N(C)C)nc12. The summed E-state index contributed by atoms with van der Waals surface area (Å²) in [6.07, 6.45) is 2.76. The second kappa shape index (κ2) is 10.2. The van der Waals surface area contributed by atoms with Crippen molar-refractivity contribution in [3.8, 4) is 5.75 Å². The number of carbonyl (C=O) groups excluding carboxylic acids is 2. The van der Waals surface area contributed by atoms with Gasteiger partial charge in [-0.2, -0.15) is 0 Å². The minimum absolute atomic E-state index is 0.0609. The topological polar surface area (TPSA) is 150 Å². The first-order chi connectivity index (χ1) is 15.7. The Kier molecular flexibility index (Phi) is 7.38. The molecule has 0 aliphatic carbocycles. The Balaban J connectivity index is 1.89. The lowest BCUT2D eigenvalue weighted by Gasteiger charge is -2.17. The number of hydrogen-bond donors (Lipinski definition) is 3. The summed E-state index contributed by atoms with van der Waals surface area (Å²) >= 11 is 1.15. The fraction of sp³-hybridized carbons (Fsp3) is 0.333. The minimum atomic E-state index is -0.302. The Hall–Kier alpha value is -3.80. The molecule has 11 nitrogen and oxygen atoms in total. The fourth-order valence-corrected chi connectivity index (χ4v) is 3.83. The van der Waals surface area contributed by atoms with Gasteiger partial charge in [0.1, 0.15) is 22.4 Å². The highest BCUT2D eigenvalue weighted by Gasteiger charge is 2.21. The Bertz CT molecular complexity index is 1190. The molecule has 0 spiro atoms. The molecule has 3 rings (SSSR count). The van der Waals surface area contributed by atoms with Crippen molar-refractivity contribution in [2.45, 2.75) is 13.3 Å². The van der Waals surface area contributed by atoms with Crippen LogP contribution >= 0.6 is 11.3 Å². The summed E-state index contributed by atoms with van der Waals surface area (Å²) in [4.78, 5) is 41.1. The monoisotopic (exact) mass is 470 g/mol. The average Bonchev–Trinajstić information content (AvgIpc) is 3.23. The van der Waals surface area contributed by atoms with Crippen molar-refractivity contribution in [1.82, 2.24) is 24.8 Å². The minimum Gasteiger partial charge on any atom is -0.492 e. The molecular formula is C21H26N8O3S. The van der Waals surface area contributed by atoms with Crippen LogP contribution in [0.5, 0.6) is 5.75 Å². The van der Waals surface area contributed by atoms with Gasteiger partial charge in [0.2, 0.25) is 5.91 Å². The summed E-state index contributed by atoms with van der Waals surface area (Å²) in [6, 6.07) is 3.33. The molecule has 3 aromatic rings. The number of ether oxygens (including phenoxy) is 1. The summed E-state index contributed by atoms with van der Waals surface area (Å²) in [5, 5.41) is 11.0. The summed E-state index contributed by atoms with van der Waals surface area (Å²) in [5.74, 6) is 0.532. The number of nitrogen functional groups attached to an aromatic ring is 1. The molecule has 12 heteroatoms. The van der Waals surface area contributed by atoms with Gasteiger partial charge in [-0.3, -0.25) is 9.59 Å². The molecule has 2 aromatic heterocycles. The van der Waals surface area contributed by atoms with Gasteiger partial charge in [0, 0.05) is 57.6 Å². The number of hydrogen-bond acceptors (Lipinski definition) is 10. The third-order valence-electron chi connectivity index (χ3n) is 4.78. The molecule has 0 saturated carbocycles. The Morgan fingerprint density at radius 1 is 1.27 bits per heavy atom. The third-order valence-corrected chi connectivity index (χ3v) is 5.73. The van der Waals surface area contributed by atoms with E-state index < -0.39 is 0 Å². The van der Waals surface area contributed by atoms with Crippen molar-refractivity contribution in [2.75, 3.05) is 45.3 Å². The normalized spacial score (nSPS) is 10.7. The quantitative estimate of drug-likeness (QED) is 0.318. The molecule has 174 valence electrons. The zero-order valence-corrected chi connectivity index (χ0v) is 19.7. The molecule has 0 radical (unpaired) electrons. The van der Waals surface area contributed by atoms with Gasteiger partial charge in [-0.15, -0.1) is 0 Å². The fourth-order valence-electron chi connectivity index (χ4n) is 2.93. The molecule has 0 aliphatic heterocycles. The van der Waals surface area contributed by atoms with E-state index in [-0.39, 0.29) is 29.8 Å². The lowest BCUT2D eigenvalue weighted by atomic mass is 10.1. The van der Waals surface area contributed by atoms with Crippen molar-refractivity contribution < 1.29 is 14.3 Å². The average molecular weight is 471 g/mol. The smallest absolute Gasteiger partial charge is 0.282 e. The van der Waals surface area contributed by atoms with Gasteiger partial charge in [-0.05, 0) is 13.0 Å². The van der Waals surface area contributed by atoms with Crippen LogP contribution < -0.4 is 15.8 Å². The van der Waals surface area contributed by atoms with Crippen LogP contribution in [-0.2, 0) is 4.79 Å². The number of anilines is 3. The number of rotatable bonds is 9. The number of thiazole rings is 1. The number of benzene rings is 1. The largest absolute Gasteiger partial charge is 0.492 e. The first-order valence-electron chi connectivity index (χ1n) is 10.2. The molecule has 0 fully saturated rings. The van der Waals surface area contributed by atoms with E-state index in [0.29, 0.717) is 45.5 Å².